The second-order valence-corrected chi connectivity index (χ2v) is 10.8. The highest BCUT2D eigenvalue weighted by molar-refractivity contribution is 5.93. The van der Waals surface area contributed by atoms with Gasteiger partial charge in [0.15, 0.2) is 0 Å². The standard InChI is InChI=1S/C26H40N4O6/c1-14(2)28-23(33)21(17-10-8-9-15(3)22(17)32)30(19-13-16(19)4)24(34)18(11-12-20(27)31)29-25(35)36-26(5,6)7/h8-10,14,16,18-19,21,32H,11-13H2,1-7H3,(H2,27,31)(H,28,33)(H,29,35). The summed E-state index contributed by atoms with van der Waals surface area (Å²) in [7, 11) is 0. The number of nitrogens with zero attached hydrogens (tertiary/aromatic N) is 1. The highest BCUT2D eigenvalue weighted by Crippen LogP contribution is 2.43. The van der Waals surface area contributed by atoms with Crippen molar-refractivity contribution in [1.29, 1.82) is 0 Å². The second-order valence-electron chi connectivity index (χ2n) is 10.8. The molecule has 1 fully saturated rings. The van der Waals surface area contributed by atoms with Crippen molar-refractivity contribution in [3.63, 3.8) is 0 Å². The molecule has 1 aromatic rings. The fourth-order valence-corrected chi connectivity index (χ4v) is 4.03. The lowest BCUT2D eigenvalue weighted by molar-refractivity contribution is -0.144. The predicted molar refractivity (Wildman–Crippen MR) is 135 cm³/mol. The smallest absolute Gasteiger partial charge is 0.408 e. The molecular weight excluding hydrogens is 464 g/mol. The van der Waals surface area contributed by atoms with E-state index in [1.807, 2.05) is 6.92 Å². The van der Waals surface area contributed by atoms with Crippen LogP contribution >= 0.6 is 0 Å². The maximum atomic E-state index is 14.0. The molecule has 4 atom stereocenters. The predicted octanol–water partition coefficient (Wildman–Crippen LogP) is 2.66. The molecule has 0 saturated heterocycles. The third kappa shape index (κ3) is 7.86. The van der Waals surface area contributed by atoms with E-state index in [1.54, 1.807) is 59.7 Å². The number of rotatable bonds is 10. The maximum absolute atomic E-state index is 14.0. The number of phenols is 1. The monoisotopic (exact) mass is 504 g/mol. The quantitative estimate of drug-likeness (QED) is 0.385. The van der Waals surface area contributed by atoms with Crippen LogP contribution in [0.25, 0.3) is 0 Å². The van der Waals surface area contributed by atoms with E-state index in [4.69, 9.17) is 10.5 Å². The lowest BCUT2D eigenvalue weighted by atomic mass is 9.98. The van der Waals surface area contributed by atoms with Crippen LogP contribution in [-0.4, -0.2) is 57.5 Å². The highest BCUT2D eigenvalue weighted by Gasteiger charge is 2.48. The average molecular weight is 505 g/mol. The zero-order chi connectivity index (χ0) is 27.4. The van der Waals surface area contributed by atoms with Crippen LogP contribution in [0.1, 0.15) is 78.0 Å². The van der Waals surface area contributed by atoms with Gasteiger partial charge in [0, 0.05) is 24.1 Å². The van der Waals surface area contributed by atoms with Crippen LogP contribution in [0.15, 0.2) is 18.2 Å². The van der Waals surface area contributed by atoms with Crippen LogP contribution in [0.5, 0.6) is 5.75 Å². The van der Waals surface area contributed by atoms with Crippen molar-refractivity contribution in [3.05, 3.63) is 29.3 Å². The summed E-state index contributed by atoms with van der Waals surface area (Å²) in [5.41, 5.74) is 5.37. The van der Waals surface area contributed by atoms with Gasteiger partial charge >= 0.3 is 6.09 Å². The van der Waals surface area contributed by atoms with Crippen molar-refractivity contribution in [3.8, 4) is 5.75 Å². The van der Waals surface area contributed by atoms with Crippen molar-refractivity contribution in [1.82, 2.24) is 15.5 Å². The molecule has 0 bridgehead atoms. The van der Waals surface area contributed by atoms with Crippen LogP contribution in [0.3, 0.4) is 0 Å². The Kier molecular flexibility index (Phi) is 9.34. The van der Waals surface area contributed by atoms with Gasteiger partial charge in [0.2, 0.25) is 17.7 Å². The fraction of sp³-hybridized carbons (Fsp3) is 0.615. The summed E-state index contributed by atoms with van der Waals surface area (Å²) in [5.74, 6) is -1.61. The van der Waals surface area contributed by atoms with Gasteiger partial charge in [0.05, 0.1) is 0 Å². The van der Waals surface area contributed by atoms with E-state index in [9.17, 15) is 24.3 Å². The average Bonchev–Trinajstić information content (AvgIpc) is 3.44. The van der Waals surface area contributed by atoms with Gasteiger partial charge in [-0.3, -0.25) is 14.4 Å². The molecule has 1 aliphatic carbocycles. The van der Waals surface area contributed by atoms with Gasteiger partial charge in [-0.05, 0) is 65.9 Å². The molecule has 10 heteroatoms. The van der Waals surface area contributed by atoms with Crippen LogP contribution in [0, 0.1) is 12.8 Å². The lowest BCUT2D eigenvalue weighted by Gasteiger charge is -2.35. The molecule has 4 unspecified atom stereocenters. The van der Waals surface area contributed by atoms with Gasteiger partial charge in [0.25, 0.3) is 0 Å². The Hall–Kier alpha value is -3.30. The highest BCUT2D eigenvalue weighted by atomic mass is 16.6. The van der Waals surface area contributed by atoms with Crippen LogP contribution in [0.4, 0.5) is 4.79 Å². The summed E-state index contributed by atoms with van der Waals surface area (Å²) in [4.78, 5) is 53.1. The lowest BCUT2D eigenvalue weighted by Crippen LogP contribution is -2.54. The third-order valence-corrected chi connectivity index (χ3v) is 5.87. The Morgan fingerprint density at radius 1 is 1.19 bits per heavy atom. The number of primary amides is 1. The molecule has 200 valence electrons. The fourth-order valence-electron chi connectivity index (χ4n) is 4.03. The third-order valence-electron chi connectivity index (χ3n) is 5.87. The number of ether oxygens (including phenoxy) is 1. The SMILES string of the molecule is Cc1cccc(C(C(=O)NC(C)C)N(C(=O)C(CCC(N)=O)NC(=O)OC(C)(C)C)C2CC2C)c1O. The molecule has 1 aliphatic rings. The van der Waals surface area contributed by atoms with Gasteiger partial charge in [-0.15, -0.1) is 0 Å². The van der Waals surface area contributed by atoms with Gasteiger partial charge in [-0.25, -0.2) is 4.79 Å². The first-order valence-electron chi connectivity index (χ1n) is 12.3. The second kappa shape index (κ2) is 11.6. The van der Waals surface area contributed by atoms with E-state index in [1.165, 1.54) is 4.90 Å². The number of hydrogen-bond donors (Lipinski definition) is 4. The molecule has 2 rings (SSSR count). The molecule has 0 spiro atoms. The normalized spacial score (nSPS) is 18.7. The van der Waals surface area contributed by atoms with E-state index in [0.717, 1.165) is 0 Å². The van der Waals surface area contributed by atoms with Gasteiger partial charge in [0.1, 0.15) is 23.4 Å². The molecule has 10 nitrogen and oxygen atoms in total. The number of hydrogen-bond acceptors (Lipinski definition) is 6. The first-order chi connectivity index (χ1) is 16.6. The molecule has 5 N–H and O–H groups in total. The van der Waals surface area contributed by atoms with Crippen LogP contribution in [-0.2, 0) is 19.1 Å². The Balaban J connectivity index is 2.54. The van der Waals surface area contributed by atoms with Gasteiger partial charge < -0.3 is 31.1 Å². The maximum Gasteiger partial charge on any atom is 0.408 e. The van der Waals surface area contributed by atoms with Crippen LogP contribution in [0.2, 0.25) is 0 Å². The minimum atomic E-state index is -1.17. The Bertz CT molecular complexity index is 987. The number of amides is 4. The number of aromatic hydroxyl groups is 1. The van der Waals surface area contributed by atoms with Crippen molar-refractivity contribution in [2.45, 2.75) is 97.5 Å². The number of phenolic OH excluding ortho intramolecular Hbond substituents is 1. The number of aryl methyl sites for hydroxylation is 1. The minimum Gasteiger partial charge on any atom is -0.507 e. The summed E-state index contributed by atoms with van der Waals surface area (Å²) in [6, 6.07) is 2.21. The Morgan fingerprint density at radius 3 is 2.31 bits per heavy atom. The van der Waals surface area contributed by atoms with E-state index in [-0.39, 0.29) is 42.2 Å². The molecule has 4 amide bonds. The zero-order valence-electron chi connectivity index (χ0n) is 22.3. The summed E-state index contributed by atoms with van der Waals surface area (Å²) < 4.78 is 5.33. The minimum absolute atomic E-state index is 0.0661. The van der Waals surface area contributed by atoms with Crippen molar-refractivity contribution in [2.24, 2.45) is 11.7 Å². The number of nitrogens with one attached hydrogen (secondary N) is 2. The number of carbonyl (C=O) groups excluding carboxylic acids is 4. The van der Waals surface area contributed by atoms with Crippen molar-refractivity contribution in [2.75, 3.05) is 0 Å². The number of para-hydroxylation sites is 1. The van der Waals surface area contributed by atoms with Gasteiger partial charge in [-0.1, -0.05) is 25.1 Å². The molecule has 0 radical (unpaired) electrons. The largest absolute Gasteiger partial charge is 0.507 e. The summed E-state index contributed by atoms with van der Waals surface area (Å²) in [6.07, 6.45) is -0.392. The molecule has 0 aromatic heterocycles. The van der Waals surface area contributed by atoms with E-state index >= 15 is 0 Å². The number of benzene rings is 1. The zero-order valence-corrected chi connectivity index (χ0v) is 22.3. The number of alkyl carbamates (subject to hydrolysis) is 1. The van der Waals surface area contributed by atoms with Crippen molar-refractivity contribution < 1.29 is 29.0 Å². The molecule has 1 aromatic carbocycles. The van der Waals surface area contributed by atoms with Crippen molar-refractivity contribution >= 4 is 23.8 Å². The van der Waals surface area contributed by atoms with Gasteiger partial charge in [-0.2, -0.15) is 0 Å². The molecule has 0 heterocycles. The van der Waals surface area contributed by atoms with Crippen LogP contribution < -0.4 is 16.4 Å². The molecule has 36 heavy (non-hydrogen) atoms. The topological polar surface area (TPSA) is 151 Å². The Labute approximate surface area is 212 Å². The summed E-state index contributed by atoms with van der Waals surface area (Å²) in [5, 5.41) is 16.3. The van der Waals surface area contributed by atoms with E-state index < -0.39 is 41.5 Å². The van der Waals surface area contributed by atoms with E-state index in [0.29, 0.717) is 12.0 Å². The Morgan fingerprint density at radius 2 is 1.81 bits per heavy atom. The molecule has 1 saturated carbocycles. The summed E-state index contributed by atoms with van der Waals surface area (Å²) in [6.45, 7) is 12.3. The number of nitrogens with two attached hydrogens (primary N) is 1. The summed E-state index contributed by atoms with van der Waals surface area (Å²) >= 11 is 0. The van der Waals surface area contributed by atoms with E-state index in [2.05, 4.69) is 10.6 Å². The molecule has 0 aliphatic heterocycles. The first kappa shape index (κ1) is 28.9. The number of carbonyl (C=O) groups is 4. The first-order valence-corrected chi connectivity index (χ1v) is 12.3. The molecular formula is C26H40N4O6.